The van der Waals surface area contributed by atoms with E-state index >= 15 is 0 Å². The third kappa shape index (κ3) is 5.23. The smallest absolute Gasteiger partial charge is 0.229 e. The summed E-state index contributed by atoms with van der Waals surface area (Å²) in [5, 5.41) is 6.87. The second-order valence-corrected chi connectivity index (χ2v) is 6.65. The van der Waals surface area contributed by atoms with Gasteiger partial charge in [-0.1, -0.05) is 54.5 Å². The number of rotatable bonds is 7. The molecule has 0 aliphatic rings. The summed E-state index contributed by atoms with van der Waals surface area (Å²) >= 11 is 0. The topological polar surface area (TPSA) is 68.0 Å². The lowest BCUT2D eigenvalue weighted by Gasteiger charge is -2.20. The Balaban J connectivity index is 1.71. The molecule has 2 atom stereocenters. The van der Waals surface area contributed by atoms with E-state index in [1.54, 1.807) is 13.0 Å². The van der Waals surface area contributed by atoms with Crippen molar-refractivity contribution in [3.63, 3.8) is 0 Å². The van der Waals surface area contributed by atoms with Gasteiger partial charge in [-0.3, -0.25) is 4.79 Å². The fourth-order valence-corrected chi connectivity index (χ4v) is 2.96. The van der Waals surface area contributed by atoms with Gasteiger partial charge in [-0.15, -0.1) is 0 Å². The van der Waals surface area contributed by atoms with Gasteiger partial charge in [-0.2, -0.15) is 4.98 Å². The van der Waals surface area contributed by atoms with Crippen LogP contribution in [0.1, 0.15) is 35.8 Å². The van der Waals surface area contributed by atoms with E-state index < -0.39 is 0 Å². The van der Waals surface area contributed by atoms with E-state index in [4.69, 9.17) is 4.52 Å². The minimum Gasteiger partial charge on any atom is -0.349 e. The number of carbonyl (C=O) groups is 1. The molecule has 5 nitrogen and oxygen atoms in total. The van der Waals surface area contributed by atoms with Crippen LogP contribution in [-0.2, 0) is 17.6 Å². The average Bonchev–Trinajstić information content (AvgIpc) is 3.06. The van der Waals surface area contributed by atoms with E-state index in [1.807, 2.05) is 43.3 Å². The molecule has 0 aliphatic heterocycles. The third-order valence-electron chi connectivity index (χ3n) is 4.35. The van der Waals surface area contributed by atoms with E-state index in [0.29, 0.717) is 24.6 Å². The van der Waals surface area contributed by atoms with Crippen LogP contribution in [0.2, 0.25) is 0 Å². The van der Waals surface area contributed by atoms with Crippen LogP contribution in [0.5, 0.6) is 0 Å². The second-order valence-electron chi connectivity index (χ2n) is 6.65. The van der Waals surface area contributed by atoms with Gasteiger partial charge < -0.3 is 9.84 Å². The highest BCUT2D eigenvalue weighted by Crippen LogP contribution is 2.19. The van der Waals surface area contributed by atoms with E-state index in [0.717, 1.165) is 11.1 Å². The first-order valence-electron chi connectivity index (χ1n) is 8.90. The number of hydrogen-bond donors (Lipinski definition) is 1. The quantitative estimate of drug-likeness (QED) is 0.690. The number of nitrogens with one attached hydrogen (secondary N) is 1. The van der Waals surface area contributed by atoms with Gasteiger partial charge in [0.05, 0.1) is 12.5 Å². The van der Waals surface area contributed by atoms with Crippen LogP contribution in [0.3, 0.4) is 0 Å². The van der Waals surface area contributed by atoms with Crippen LogP contribution >= 0.6 is 0 Å². The fourth-order valence-electron chi connectivity index (χ4n) is 2.96. The highest BCUT2D eigenvalue weighted by Gasteiger charge is 2.22. The van der Waals surface area contributed by atoms with Crippen LogP contribution in [0.4, 0.5) is 4.39 Å². The van der Waals surface area contributed by atoms with Crippen molar-refractivity contribution >= 4 is 5.91 Å². The Kier molecular flexibility index (Phi) is 5.96. The molecule has 0 saturated carbocycles. The molecule has 0 fully saturated rings. The lowest BCUT2D eigenvalue weighted by molar-refractivity contribution is -0.125. The Labute approximate surface area is 157 Å². The summed E-state index contributed by atoms with van der Waals surface area (Å²) in [6.45, 7) is 3.59. The van der Waals surface area contributed by atoms with Gasteiger partial charge in [0, 0.05) is 5.92 Å². The highest BCUT2D eigenvalue weighted by molar-refractivity contribution is 5.79. The zero-order chi connectivity index (χ0) is 19.2. The zero-order valence-electron chi connectivity index (χ0n) is 15.4. The molecule has 0 aliphatic carbocycles. The molecule has 0 spiro atoms. The first-order valence-corrected chi connectivity index (χ1v) is 8.90. The van der Waals surface area contributed by atoms with Crippen molar-refractivity contribution in [1.29, 1.82) is 0 Å². The van der Waals surface area contributed by atoms with Gasteiger partial charge in [-0.05, 0) is 36.6 Å². The summed E-state index contributed by atoms with van der Waals surface area (Å²) in [7, 11) is 0. The molecule has 6 heteroatoms. The molecule has 3 rings (SSSR count). The fraction of sp³-hybridized carbons (Fsp3) is 0.286. The van der Waals surface area contributed by atoms with Crippen molar-refractivity contribution in [2.45, 2.75) is 32.7 Å². The normalized spacial score (nSPS) is 13.1. The number of amides is 1. The molecule has 1 heterocycles. The number of aromatic nitrogens is 2. The van der Waals surface area contributed by atoms with Crippen LogP contribution in [0.25, 0.3) is 0 Å². The molecule has 0 saturated heterocycles. The first-order chi connectivity index (χ1) is 13.0. The minimum atomic E-state index is -0.303. The summed E-state index contributed by atoms with van der Waals surface area (Å²) < 4.78 is 18.6. The molecule has 3 aromatic rings. The van der Waals surface area contributed by atoms with Gasteiger partial charge in [0.2, 0.25) is 11.8 Å². The lowest BCUT2D eigenvalue weighted by Crippen LogP contribution is -2.34. The monoisotopic (exact) mass is 367 g/mol. The van der Waals surface area contributed by atoms with Crippen LogP contribution in [0.15, 0.2) is 59.1 Å². The van der Waals surface area contributed by atoms with Crippen molar-refractivity contribution in [3.8, 4) is 0 Å². The summed E-state index contributed by atoms with van der Waals surface area (Å²) in [4.78, 5) is 17.0. The molecule has 2 aromatic carbocycles. The Morgan fingerprint density at radius 2 is 1.93 bits per heavy atom. The van der Waals surface area contributed by atoms with Crippen molar-refractivity contribution in [2.24, 2.45) is 5.92 Å². The van der Waals surface area contributed by atoms with Crippen LogP contribution in [-0.4, -0.2) is 16.0 Å². The molecule has 140 valence electrons. The second kappa shape index (κ2) is 8.58. The number of halogens is 1. The number of nitrogens with zero attached hydrogens (tertiary/aromatic N) is 2. The van der Waals surface area contributed by atoms with E-state index in [-0.39, 0.29) is 23.7 Å². The summed E-state index contributed by atoms with van der Waals surface area (Å²) in [5.74, 6) is 0.322. The molecule has 1 aromatic heterocycles. The van der Waals surface area contributed by atoms with Gasteiger partial charge in [0.25, 0.3) is 0 Å². The number of benzene rings is 2. The predicted molar refractivity (Wildman–Crippen MR) is 99.3 cm³/mol. The van der Waals surface area contributed by atoms with Crippen molar-refractivity contribution in [2.75, 3.05) is 0 Å². The zero-order valence-corrected chi connectivity index (χ0v) is 15.4. The maximum Gasteiger partial charge on any atom is 0.229 e. The van der Waals surface area contributed by atoms with Crippen LogP contribution in [0, 0.1) is 18.7 Å². The Bertz CT molecular complexity index is 895. The Morgan fingerprint density at radius 3 is 2.59 bits per heavy atom. The molecule has 0 radical (unpaired) electrons. The Hall–Kier alpha value is -3.02. The highest BCUT2D eigenvalue weighted by atomic mass is 19.1. The molecule has 0 bridgehead atoms. The predicted octanol–water partition coefficient (Wildman–Crippen LogP) is 3.80. The molecular weight excluding hydrogens is 345 g/mol. The minimum absolute atomic E-state index is 0.107. The maximum absolute atomic E-state index is 13.4. The molecule has 1 N–H and O–H groups in total. The maximum atomic E-state index is 13.4. The number of hydrogen-bond acceptors (Lipinski definition) is 4. The van der Waals surface area contributed by atoms with E-state index in [1.165, 1.54) is 12.1 Å². The number of carbonyl (C=O) groups excluding carboxylic acids is 1. The van der Waals surface area contributed by atoms with E-state index in [2.05, 4.69) is 15.5 Å². The van der Waals surface area contributed by atoms with Crippen LogP contribution < -0.4 is 5.32 Å². The van der Waals surface area contributed by atoms with Crippen molar-refractivity contribution in [3.05, 3.63) is 83.3 Å². The number of aryl methyl sites for hydroxylation is 1. The Morgan fingerprint density at radius 1 is 1.15 bits per heavy atom. The van der Waals surface area contributed by atoms with Gasteiger partial charge in [-0.25, -0.2) is 4.39 Å². The summed E-state index contributed by atoms with van der Waals surface area (Å²) in [5.41, 5.74) is 1.75. The standard InChI is InChI=1S/C21H22FN3O2/c1-14(11-16-7-6-10-18(22)12-16)21(26)24-19(17-8-4-3-5-9-17)13-20-23-15(2)25-27-20/h3-10,12,14,19H,11,13H2,1-2H3,(H,24,26). The molecule has 1 amide bonds. The van der Waals surface area contributed by atoms with Gasteiger partial charge >= 0.3 is 0 Å². The third-order valence-corrected chi connectivity index (χ3v) is 4.35. The SMILES string of the molecule is Cc1noc(CC(NC(=O)C(C)Cc2cccc(F)c2)c2ccccc2)n1. The van der Waals surface area contributed by atoms with Crippen molar-refractivity contribution in [1.82, 2.24) is 15.5 Å². The summed E-state index contributed by atoms with van der Waals surface area (Å²) in [6.07, 6.45) is 0.869. The first kappa shape index (κ1) is 18.8. The molecule has 27 heavy (non-hydrogen) atoms. The summed E-state index contributed by atoms with van der Waals surface area (Å²) in [6, 6.07) is 15.7. The molecule has 2 unspecified atom stereocenters. The largest absolute Gasteiger partial charge is 0.349 e. The average molecular weight is 367 g/mol. The lowest BCUT2D eigenvalue weighted by atomic mass is 9.98. The van der Waals surface area contributed by atoms with E-state index in [9.17, 15) is 9.18 Å². The van der Waals surface area contributed by atoms with Crippen molar-refractivity contribution < 1.29 is 13.7 Å². The van der Waals surface area contributed by atoms with Gasteiger partial charge in [0.15, 0.2) is 5.82 Å². The van der Waals surface area contributed by atoms with Gasteiger partial charge in [0.1, 0.15) is 5.82 Å². The molecular formula is C21H22FN3O2.